The van der Waals surface area contributed by atoms with Crippen molar-refractivity contribution >= 4 is 27.4 Å². The second-order valence-electron chi connectivity index (χ2n) is 4.58. The van der Waals surface area contributed by atoms with Crippen LogP contribution in [0.4, 0.5) is 11.5 Å². The minimum Gasteiger partial charge on any atom is -0.326 e. The summed E-state index contributed by atoms with van der Waals surface area (Å²) < 4.78 is 26.9. The van der Waals surface area contributed by atoms with Gasteiger partial charge in [0.15, 0.2) is 5.82 Å². The lowest BCUT2D eigenvalue weighted by molar-refractivity contribution is -0.116. The molecule has 2 heterocycles. The number of rotatable bonds is 3. The van der Waals surface area contributed by atoms with Crippen molar-refractivity contribution in [2.75, 3.05) is 10.0 Å². The number of fused-ring (bicyclic) bond motifs is 1. The largest absolute Gasteiger partial charge is 0.326 e. The Morgan fingerprint density at radius 3 is 2.81 bits per heavy atom. The molecule has 0 atom stereocenters. The zero-order valence-electron chi connectivity index (χ0n) is 10.9. The zero-order chi connectivity index (χ0) is 14.9. The number of benzene rings is 1. The summed E-state index contributed by atoms with van der Waals surface area (Å²) in [6, 6.07) is 7.71. The number of aromatic nitrogens is 2. The highest BCUT2D eigenvalue weighted by atomic mass is 32.2. The van der Waals surface area contributed by atoms with Crippen LogP contribution >= 0.6 is 0 Å². The van der Waals surface area contributed by atoms with E-state index in [9.17, 15) is 13.2 Å². The number of nitrogens with zero attached hydrogens (tertiary/aromatic N) is 2. The van der Waals surface area contributed by atoms with Crippen molar-refractivity contribution in [3.05, 3.63) is 42.1 Å². The van der Waals surface area contributed by atoms with Gasteiger partial charge in [0, 0.05) is 18.3 Å². The summed E-state index contributed by atoms with van der Waals surface area (Å²) in [5.41, 5.74) is 1.46. The predicted molar refractivity (Wildman–Crippen MR) is 76.2 cm³/mol. The van der Waals surface area contributed by atoms with Gasteiger partial charge < -0.3 is 5.32 Å². The van der Waals surface area contributed by atoms with E-state index in [-0.39, 0.29) is 16.6 Å². The fraction of sp³-hybridized carbons (Fsp3) is 0.154. The highest BCUT2D eigenvalue weighted by Gasteiger charge is 2.20. The second kappa shape index (κ2) is 5.13. The van der Waals surface area contributed by atoms with Crippen LogP contribution in [0.2, 0.25) is 0 Å². The molecule has 1 aliphatic rings. The topological polar surface area (TPSA) is 101 Å². The Morgan fingerprint density at radius 2 is 2.05 bits per heavy atom. The highest BCUT2D eigenvalue weighted by molar-refractivity contribution is 7.92. The monoisotopic (exact) mass is 304 g/mol. The number of nitrogens with one attached hydrogen (secondary N) is 2. The Morgan fingerprint density at radius 1 is 1.19 bits per heavy atom. The molecule has 1 aromatic heterocycles. The molecular weight excluding hydrogens is 292 g/mol. The summed E-state index contributed by atoms with van der Waals surface area (Å²) in [4.78, 5) is 11.4. The summed E-state index contributed by atoms with van der Waals surface area (Å²) in [6.45, 7) is 0. The minimum absolute atomic E-state index is 0.0595. The molecule has 2 N–H and O–H groups in total. The van der Waals surface area contributed by atoms with E-state index in [1.165, 1.54) is 18.3 Å². The van der Waals surface area contributed by atoms with E-state index < -0.39 is 10.0 Å². The molecule has 0 saturated carbocycles. The number of amides is 1. The molecule has 8 heteroatoms. The average Bonchev–Trinajstić information content (AvgIpc) is 2.47. The number of sulfonamides is 1. The number of carbonyl (C=O) groups excluding carboxylic acids is 1. The van der Waals surface area contributed by atoms with Gasteiger partial charge in [0.25, 0.3) is 10.0 Å². The lowest BCUT2D eigenvalue weighted by atomic mass is 10.0. The number of carbonyl (C=O) groups is 1. The SMILES string of the molecule is O=C1CCc2cc(S(=O)(=O)Nc3cccnn3)ccc2N1. The molecule has 1 amide bonds. The van der Waals surface area contributed by atoms with Crippen molar-refractivity contribution in [2.45, 2.75) is 17.7 Å². The summed E-state index contributed by atoms with van der Waals surface area (Å²) in [6.07, 6.45) is 2.34. The number of hydrogen-bond acceptors (Lipinski definition) is 5. The van der Waals surface area contributed by atoms with Gasteiger partial charge in [0.1, 0.15) is 0 Å². The van der Waals surface area contributed by atoms with Crippen LogP contribution in [0.1, 0.15) is 12.0 Å². The summed E-state index contributed by atoms with van der Waals surface area (Å²) in [7, 11) is -3.73. The standard InChI is InChI=1S/C13H12N4O3S/c18-13-6-3-9-8-10(4-5-11(9)15-13)21(19,20)17-12-2-1-7-14-16-12/h1-2,4-5,7-8H,3,6H2,(H,15,18)(H,16,17). The third-order valence-corrected chi connectivity index (χ3v) is 4.45. The van der Waals surface area contributed by atoms with Gasteiger partial charge in [0.05, 0.1) is 4.90 Å². The summed E-state index contributed by atoms with van der Waals surface area (Å²) in [5.74, 6) is 0.0966. The first-order chi connectivity index (χ1) is 10.0. The number of aryl methyl sites for hydroxylation is 1. The van der Waals surface area contributed by atoms with Crippen LogP contribution in [0, 0.1) is 0 Å². The maximum absolute atomic E-state index is 12.3. The van der Waals surface area contributed by atoms with Crippen molar-refractivity contribution in [1.29, 1.82) is 0 Å². The number of anilines is 2. The smallest absolute Gasteiger partial charge is 0.263 e. The van der Waals surface area contributed by atoms with Crippen molar-refractivity contribution in [1.82, 2.24) is 10.2 Å². The molecule has 0 fully saturated rings. The van der Waals surface area contributed by atoms with E-state index in [0.717, 1.165) is 5.56 Å². The van der Waals surface area contributed by atoms with Gasteiger partial charge >= 0.3 is 0 Å². The molecule has 108 valence electrons. The highest BCUT2D eigenvalue weighted by Crippen LogP contribution is 2.26. The normalized spacial score (nSPS) is 14.2. The van der Waals surface area contributed by atoms with Gasteiger partial charge in [-0.3, -0.25) is 9.52 Å². The van der Waals surface area contributed by atoms with Gasteiger partial charge in [0.2, 0.25) is 5.91 Å². The molecular formula is C13H12N4O3S. The third kappa shape index (κ3) is 2.84. The van der Waals surface area contributed by atoms with E-state index in [0.29, 0.717) is 18.5 Å². The Bertz CT molecular complexity index is 790. The van der Waals surface area contributed by atoms with Crippen LogP contribution in [0.25, 0.3) is 0 Å². The predicted octanol–water partition coefficient (Wildman–Crippen LogP) is 1.16. The second-order valence-corrected chi connectivity index (χ2v) is 6.26. The first kappa shape index (κ1) is 13.5. The Kier molecular flexibility index (Phi) is 3.30. The van der Waals surface area contributed by atoms with Crippen LogP contribution in [0.15, 0.2) is 41.4 Å². The maximum atomic E-state index is 12.3. The van der Waals surface area contributed by atoms with E-state index in [1.54, 1.807) is 18.2 Å². The lowest BCUT2D eigenvalue weighted by Gasteiger charge is -2.17. The molecule has 2 aromatic rings. The average molecular weight is 304 g/mol. The van der Waals surface area contributed by atoms with Crippen molar-refractivity contribution in [3.63, 3.8) is 0 Å². The van der Waals surface area contributed by atoms with E-state index in [1.807, 2.05) is 0 Å². The van der Waals surface area contributed by atoms with Crippen molar-refractivity contribution in [2.24, 2.45) is 0 Å². The molecule has 7 nitrogen and oxygen atoms in total. The van der Waals surface area contributed by atoms with E-state index in [4.69, 9.17) is 0 Å². The molecule has 1 aliphatic heterocycles. The van der Waals surface area contributed by atoms with Gasteiger partial charge in [-0.1, -0.05) is 0 Å². The lowest BCUT2D eigenvalue weighted by Crippen LogP contribution is -2.20. The number of hydrogen-bond donors (Lipinski definition) is 2. The van der Waals surface area contributed by atoms with E-state index >= 15 is 0 Å². The van der Waals surface area contributed by atoms with Gasteiger partial charge in [-0.05, 0) is 42.3 Å². The van der Waals surface area contributed by atoms with Crippen LogP contribution in [0.5, 0.6) is 0 Å². The Balaban J connectivity index is 1.91. The fourth-order valence-electron chi connectivity index (χ4n) is 2.08. The molecule has 0 saturated heterocycles. The Labute approximate surface area is 121 Å². The van der Waals surface area contributed by atoms with Crippen LogP contribution < -0.4 is 10.0 Å². The van der Waals surface area contributed by atoms with Gasteiger partial charge in [-0.15, -0.1) is 5.10 Å². The quantitative estimate of drug-likeness (QED) is 0.886. The molecule has 0 spiro atoms. The van der Waals surface area contributed by atoms with Gasteiger partial charge in [-0.25, -0.2) is 8.42 Å². The summed E-state index contributed by atoms with van der Waals surface area (Å²) >= 11 is 0. The molecule has 3 rings (SSSR count). The fourth-order valence-corrected chi connectivity index (χ4v) is 3.13. The third-order valence-electron chi connectivity index (χ3n) is 3.09. The van der Waals surface area contributed by atoms with Gasteiger partial charge in [-0.2, -0.15) is 5.10 Å². The van der Waals surface area contributed by atoms with Crippen LogP contribution in [0.3, 0.4) is 0 Å². The molecule has 21 heavy (non-hydrogen) atoms. The maximum Gasteiger partial charge on any atom is 0.263 e. The molecule has 0 bridgehead atoms. The zero-order valence-corrected chi connectivity index (χ0v) is 11.7. The Hall–Kier alpha value is -2.48. The molecule has 0 radical (unpaired) electrons. The minimum atomic E-state index is -3.73. The molecule has 0 unspecified atom stereocenters. The van der Waals surface area contributed by atoms with Crippen LogP contribution in [-0.2, 0) is 21.2 Å². The van der Waals surface area contributed by atoms with Crippen LogP contribution in [-0.4, -0.2) is 24.5 Å². The van der Waals surface area contributed by atoms with Crippen molar-refractivity contribution < 1.29 is 13.2 Å². The van der Waals surface area contributed by atoms with E-state index in [2.05, 4.69) is 20.2 Å². The molecule has 0 aliphatic carbocycles. The van der Waals surface area contributed by atoms with Crippen molar-refractivity contribution in [3.8, 4) is 0 Å². The first-order valence-electron chi connectivity index (χ1n) is 6.28. The summed E-state index contributed by atoms with van der Waals surface area (Å²) in [5, 5.41) is 10.0. The molecule has 1 aromatic carbocycles. The first-order valence-corrected chi connectivity index (χ1v) is 7.76.